The van der Waals surface area contributed by atoms with Crippen LogP contribution >= 0.6 is 0 Å². The Balaban J connectivity index is 1.50. The number of aryl methyl sites for hydroxylation is 2. The standard InChI is InChI=1S/C25H18N2O4/c1-14-15(2)27-21-11-17(7-9-20(21)26-14)25(29)30-13-18-12-23(28)31-22-10-8-16-5-3-4-6-19(16)24(18)22/h3-12H,13H2,1-2H3. The van der Waals surface area contributed by atoms with Crippen LogP contribution in [0.3, 0.4) is 0 Å². The second-order valence-electron chi connectivity index (χ2n) is 7.42. The first-order valence-electron chi connectivity index (χ1n) is 9.86. The zero-order chi connectivity index (χ0) is 21.5. The third-order valence-corrected chi connectivity index (χ3v) is 5.38. The number of ether oxygens (including phenoxy) is 1. The lowest BCUT2D eigenvalue weighted by molar-refractivity contribution is 0.0474. The van der Waals surface area contributed by atoms with Crippen LogP contribution in [0.2, 0.25) is 0 Å². The Morgan fingerprint density at radius 3 is 2.55 bits per heavy atom. The summed E-state index contributed by atoms with van der Waals surface area (Å²) in [7, 11) is 0. The molecule has 2 aromatic heterocycles. The van der Waals surface area contributed by atoms with Gasteiger partial charge in [-0.25, -0.2) is 19.6 Å². The Bertz CT molecular complexity index is 1550. The van der Waals surface area contributed by atoms with E-state index in [1.165, 1.54) is 6.07 Å². The Kier molecular flexibility index (Phi) is 4.47. The molecule has 0 aliphatic carbocycles. The molecule has 6 nitrogen and oxygen atoms in total. The molecule has 0 bridgehead atoms. The molecule has 0 saturated carbocycles. The van der Waals surface area contributed by atoms with Crippen molar-refractivity contribution in [2.24, 2.45) is 0 Å². The first-order valence-corrected chi connectivity index (χ1v) is 9.86. The van der Waals surface area contributed by atoms with Gasteiger partial charge >= 0.3 is 11.6 Å². The van der Waals surface area contributed by atoms with Crippen LogP contribution in [0.5, 0.6) is 0 Å². The van der Waals surface area contributed by atoms with Gasteiger partial charge in [0.15, 0.2) is 0 Å². The van der Waals surface area contributed by atoms with E-state index >= 15 is 0 Å². The maximum Gasteiger partial charge on any atom is 0.338 e. The highest BCUT2D eigenvalue weighted by molar-refractivity contribution is 6.07. The molecule has 0 aliphatic rings. The lowest BCUT2D eigenvalue weighted by atomic mass is 10.0. The largest absolute Gasteiger partial charge is 0.457 e. The topological polar surface area (TPSA) is 82.3 Å². The number of aromatic nitrogens is 2. The number of hydrogen-bond donors (Lipinski definition) is 0. The van der Waals surface area contributed by atoms with Gasteiger partial charge in [0.25, 0.3) is 0 Å². The lowest BCUT2D eigenvalue weighted by Crippen LogP contribution is -2.08. The van der Waals surface area contributed by atoms with Crippen molar-refractivity contribution in [2.45, 2.75) is 20.5 Å². The van der Waals surface area contributed by atoms with E-state index in [1.807, 2.05) is 44.2 Å². The summed E-state index contributed by atoms with van der Waals surface area (Å²) in [6.45, 7) is 3.73. The first kappa shape index (κ1) is 18.9. The second kappa shape index (κ2) is 7.32. The highest BCUT2D eigenvalue weighted by atomic mass is 16.5. The van der Waals surface area contributed by atoms with Gasteiger partial charge in [0, 0.05) is 17.0 Å². The predicted molar refractivity (Wildman–Crippen MR) is 118 cm³/mol. The molecule has 152 valence electrons. The van der Waals surface area contributed by atoms with Crippen LogP contribution in [0.4, 0.5) is 0 Å². The molecule has 5 aromatic rings. The molecule has 0 spiro atoms. The maximum atomic E-state index is 12.7. The zero-order valence-electron chi connectivity index (χ0n) is 17.0. The third-order valence-electron chi connectivity index (χ3n) is 5.38. The summed E-state index contributed by atoms with van der Waals surface area (Å²) in [5, 5.41) is 2.71. The minimum Gasteiger partial charge on any atom is -0.457 e. The van der Waals surface area contributed by atoms with E-state index in [1.54, 1.807) is 24.3 Å². The fourth-order valence-electron chi connectivity index (χ4n) is 3.72. The normalized spacial score (nSPS) is 11.3. The summed E-state index contributed by atoms with van der Waals surface area (Å²) in [4.78, 5) is 33.7. The maximum absolute atomic E-state index is 12.7. The Hall–Kier alpha value is -4.06. The van der Waals surface area contributed by atoms with Crippen LogP contribution < -0.4 is 5.63 Å². The molecule has 0 unspecified atom stereocenters. The minimum atomic E-state index is -0.497. The van der Waals surface area contributed by atoms with E-state index in [-0.39, 0.29) is 6.61 Å². The molecule has 0 fully saturated rings. The van der Waals surface area contributed by atoms with E-state index in [2.05, 4.69) is 9.97 Å². The van der Waals surface area contributed by atoms with Crippen LogP contribution in [0.25, 0.3) is 32.8 Å². The van der Waals surface area contributed by atoms with Crippen molar-refractivity contribution in [3.8, 4) is 0 Å². The van der Waals surface area contributed by atoms with Crippen molar-refractivity contribution < 1.29 is 13.9 Å². The molecular formula is C25H18N2O4. The molecule has 0 amide bonds. The average Bonchev–Trinajstić information content (AvgIpc) is 2.77. The summed E-state index contributed by atoms with van der Waals surface area (Å²) >= 11 is 0. The molecule has 0 saturated heterocycles. The molecule has 6 heteroatoms. The molecule has 3 aromatic carbocycles. The van der Waals surface area contributed by atoms with Crippen molar-refractivity contribution in [2.75, 3.05) is 0 Å². The molecule has 0 N–H and O–H groups in total. The number of carbonyl (C=O) groups excluding carboxylic acids is 1. The average molecular weight is 410 g/mol. The number of fused-ring (bicyclic) bond motifs is 4. The fourth-order valence-corrected chi connectivity index (χ4v) is 3.72. The molecule has 5 rings (SSSR count). The van der Waals surface area contributed by atoms with Gasteiger partial charge in [0.05, 0.1) is 28.0 Å². The lowest BCUT2D eigenvalue weighted by Gasteiger charge is -2.10. The quantitative estimate of drug-likeness (QED) is 0.240. The molecule has 0 aliphatic heterocycles. The van der Waals surface area contributed by atoms with Crippen molar-refractivity contribution in [1.82, 2.24) is 9.97 Å². The molecule has 31 heavy (non-hydrogen) atoms. The van der Waals surface area contributed by atoms with E-state index in [4.69, 9.17) is 9.15 Å². The van der Waals surface area contributed by atoms with Crippen molar-refractivity contribution in [3.05, 3.63) is 93.6 Å². The van der Waals surface area contributed by atoms with Gasteiger partial charge in [-0.15, -0.1) is 0 Å². The Morgan fingerprint density at radius 1 is 0.935 bits per heavy atom. The van der Waals surface area contributed by atoms with E-state index in [0.717, 1.165) is 33.1 Å². The smallest absolute Gasteiger partial charge is 0.338 e. The van der Waals surface area contributed by atoms with Crippen molar-refractivity contribution in [1.29, 1.82) is 0 Å². The van der Waals surface area contributed by atoms with Gasteiger partial charge in [0.1, 0.15) is 12.2 Å². The Labute approximate surface area is 177 Å². The minimum absolute atomic E-state index is 0.0500. The first-order chi connectivity index (χ1) is 15.0. The van der Waals surface area contributed by atoms with Crippen molar-refractivity contribution in [3.63, 3.8) is 0 Å². The number of rotatable bonds is 3. The monoisotopic (exact) mass is 410 g/mol. The third kappa shape index (κ3) is 3.42. The van der Waals surface area contributed by atoms with Gasteiger partial charge in [-0.1, -0.05) is 30.3 Å². The van der Waals surface area contributed by atoms with Crippen molar-refractivity contribution >= 4 is 38.7 Å². The number of hydrogen-bond acceptors (Lipinski definition) is 6. The van der Waals surface area contributed by atoms with Gasteiger partial charge < -0.3 is 9.15 Å². The van der Waals surface area contributed by atoms with Gasteiger partial charge in [-0.2, -0.15) is 0 Å². The van der Waals surface area contributed by atoms with E-state index < -0.39 is 11.6 Å². The molecular weight excluding hydrogens is 392 g/mol. The van der Waals surface area contributed by atoms with E-state index in [0.29, 0.717) is 22.2 Å². The molecule has 2 heterocycles. The zero-order valence-corrected chi connectivity index (χ0v) is 17.0. The Morgan fingerprint density at radius 2 is 1.71 bits per heavy atom. The second-order valence-corrected chi connectivity index (χ2v) is 7.42. The number of carbonyl (C=O) groups is 1. The van der Waals surface area contributed by atoms with Gasteiger partial charge in [-0.3, -0.25) is 0 Å². The van der Waals surface area contributed by atoms with Gasteiger partial charge in [0.2, 0.25) is 0 Å². The number of esters is 1. The molecule has 0 atom stereocenters. The van der Waals surface area contributed by atoms with Crippen LogP contribution in [-0.4, -0.2) is 15.9 Å². The van der Waals surface area contributed by atoms with Crippen LogP contribution in [0.15, 0.2) is 69.9 Å². The predicted octanol–water partition coefficient (Wildman–Crippen LogP) is 4.86. The highest BCUT2D eigenvalue weighted by Gasteiger charge is 2.14. The van der Waals surface area contributed by atoms with Crippen LogP contribution in [0.1, 0.15) is 27.3 Å². The summed E-state index contributed by atoms with van der Waals surface area (Å²) in [6.07, 6.45) is 0. The summed E-state index contributed by atoms with van der Waals surface area (Å²) in [6, 6.07) is 17.9. The number of benzene rings is 3. The fraction of sp³-hybridized carbons (Fsp3) is 0.120. The summed E-state index contributed by atoms with van der Waals surface area (Å²) in [5.74, 6) is -0.497. The van der Waals surface area contributed by atoms with Crippen LogP contribution in [0, 0.1) is 13.8 Å². The highest BCUT2D eigenvalue weighted by Crippen LogP contribution is 2.28. The van der Waals surface area contributed by atoms with Crippen LogP contribution in [-0.2, 0) is 11.3 Å². The summed E-state index contributed by atoms with van der Waals surface area (Å²) in [5.41, 5.74) is 3.97. The van der Waals surface area contributed by atoms with E-state index in [9.17, 15) is 9.59 Å². The molecule has 0 radical (unpaired) electrons. The SMILES string of the molecule is Cc1nc2ccc(C(=O)OCc3cc(=O)oc4ccc5ccccc5c34)cc2nc1C. The van der Waals surface area contributed by atoms with Gasteiger partial charge in [-0.05, 0) is 48.9 Å². The number of nitrogens with zero attached hydrogens (tertiary/aromatic N) is 2. The summed E-state index contributed by atoms with van der Waals surface area (Å²) < 4.78 is 10.9.